The maximum atomic E-state index is 14.4. The van der Waals surface area contributed by atoms with Crippen LogP contribution in [0.15, 0.2) is 42.6 Å². The molecule has 8 nitrogen and oxygen atoms in total. The average molecular weight is 479 g/mol. The first-order chi connectivity index (χ1) is 17.0. The molecule has 10 heteroatoms. The van der Waals surface area contributed by atoms with E-state index >= 15 is 0 Å². The van der Waals surface area contributed by atoms with Crippen LogP contribution in [0.25, 0.3) is 22.3 Å². The van der Waals surface area contributed by atoms with E-state index in [-0.39, 0.29) is 23.8 Å². The highest BCUT2D eigenvalue weighted by atomic mass is 19.1. The Morgan fingerprint density at radius 1 is 1.23 bits per heavy atom. The number of nitrogens with zero attached hydrogens (tertiary/aromatic N) is 2. The molecule has 0 bridgehead atoms. The van der Waals surface area contributed by atoms with E-state index in [9.17, 15) is 13.6 Å². The summed E-state index contributed by atoms with van der Waals surface area (Å²) in [6, 6.07) is 9.71. The van der Waals surface area contributed by atoms with Gasteiger partial charge in [0.25, 0.3) is 5.91 Å². The highest BCUT2D eigenvalue weighted by Gasteiger charge is 2.33. The second-order valence-corrected chi connectivity index (χ2v) is 7.98. The van der Waals surface area contributed by atoms with Gasteiger partial charge in [-0.3, -0.25) is 14.2 Å². The molecule has 0 saturated carbocycles. The predicted molar refractivity (Wildman–Crippen MR) is 128 cm³/mol. The van der Waals surface area contributed by atoms with E-state index in [0.29, 0.717) is 51.8 Å². The van der Waals surface area contributed by atoms with Gasteiger partial charge in [0.1, 0.15) is 5.52 Å². The van der Waals surface area contributed by atoms with E-state index < -0.39 is 18.4 Å². The summed E-state index contributed by atoms with van der Waals surface area (Å²) in [6.45, 7) is 1.79. The highest BCUT2D eigenvalue weighted by Crippen LogP contribution is 2.43. The third-order valence-electron chi connectivity index (χ3n) is 5.91. The monoisotopic (exact) mass is 479 g/mol. The summed E-state index contributed by atoms with van der Waals surface area (Å²) in [5.41, 5.74) is 3.63. The second-order valence-electron chi connectivity index (χ2n) is 7.98. The van der Waals surface area contributed by atoms with Crippen molar-refractivity contribution in [1.29, 1.82) is 0 Å². The van der Waals surface area contributed by atoms with Crippen molar-refractivity contribution in [2.45, 2.75) is 12.8 Å². The molecule has 1 aliphatic heterocycles. The van der Waals surface area contributed by atoms with Crippen LogP contribution in [0.4, 0.5) is 20.2 Å². The fourth-order valence-corrected chi connectivity index (χ4v) is 4.31. The molecule has 4 heterocycles. The van der Waals surface area contributed by atoms with Crippen molar-refractivity contribution in [2.75, 3.05) is 32.3 Å². The van der Waals surface area contributed by atoms with Crippen LogP contribution in [0.2, 0.25) is 0 Å². The lowest BCUT2D eigenvalue weighted by Gasteiger charge is -2.21. The Morgan fingerprint density at radius 3 is 2.86 bits per heavy atom. The lowest BCUT2D eigenvalue weighted by atomic mass is 9.97. The van der Waals surface area contributed by atoms with Gasteiger partial charge in [0, 0.05) is 36.0 Å². The third kappa shape index (κ3) is 3.90. The number of alkyl halides is 1. The number of para-hydroxylation sites is 1. The van der Waals surface area contributed by atoms with Crippen molar-refractivity contribution in [2.24, 2.45) is 0 Å². The van der Waals surface area contributed by atoms with Crippen LogP contribution in [-0.2, 0) is 0 Å². The van der Waals surface area contributed by atoms with Gasteiger partial charge in [-0.05, 0) is 31.2 Å². The number of carbonyl (C=O) groups is 1. The van der Waals surface area contributed by atoms with Gasteiger partial charge in [-0.1, -0.05) is 6.07 Å². The Morgan fingerprint density at radius 2 is 2.09 bits per heavy atom. The Labute approximate surface area is 199 Å². The zero-order chi connectivity index (χ0) is 24.5. The first-order valence-electron chi connectivity index (χ1n) is 11.1. The summed E-state index contributed by atoms with van der Waals surface area (Å²) in [5, 5.41) is 5.90. The zero-order valence-corrected chi connectivity index (χ0v) is 19.1. The van der Waals surface area contributed by atoms with Crippen molar-refractivity contribution in [3.8, 4) is 22.9 Å². The Hall–Kier alpha value is -4.21. The number of hydrogen-bond acceptors (Lipinski definition) is 6. The normalized spacial score (nSPS) is 15.0. The van der Waals surface area contributed by atoms with Gasteiger partial charge in [-0.15, -0.1) is 0 Å². The smallest absolute Gasteiger partial charge is 0.255 e. The van der Waals surface area contributed by atoms with Crippen LogP contribution >= 0.6 is 0 Å². The molecule has 1 atom stereocenters. The number of ether oxygens (including phenoxy) is 2. The Bertz CT molecular complexity index is 1420. The minimum atomic E-state index is -0.667. The van der Waals surface area contributed by atoms with E-state index in [4.69, 9.17) is 9.47 Å². The minimum absolute atomic E-state index is 0.0111. The van der Waals surface area contributed by atoms with Crippen LogP contribution < -0.4 is 20.1 Å². The standard InChI is InChI=1S/C25H23F2N5O3/c1-3-35-18-8-7-16-21(31-18)14(9-10-28-16)22-23(30-17-6-4-5-15(27)24(17)34-2)19-20(32-22)13(11-26)12-29-25(19)33/h4-10,13,30,32H,3,11-12H2,1-2H3,(H,29,33). The number of amides is 1. The van der Waals surface area contributed by atoms with Crippen LogP contribution in [-0.4, -0.2) is 47.8 Å². The first-order valence-corrected chi connectivity index (χ1v) is 11.1. The molecule has 4 aromatic rings. The number of aromatic nitrogens is 3. The maximum Gasteiger partial charge on any atom is 0.255 e. The number of rotatable bonds is 7. The van der Waals surface area contributed by atoms with Gasteiger partial charge in [0.2, 0.25) is 5.88 Å². The molecule has 35 heavy (non-hydrogen) atoms. The van der Waals surface area contributed by atoms with Crippen LogP contribution in [0.5, 0.6) is 11.6 Å². The van der Waals surface area contributed by atoms with Crippen LogP contribution in [0.1, 0.15) is 28.9 Å². The lowest BCUT2D eigenvalue weighted by Crippen LogP contribution is -2.35. The molecule has 0 saturated heterocycles. The molecule has 0 aliphatic carbocycles. The van der Waals surface area contributed by atoms with Gasteiger partial charge in [-0.2, -0.15) is 0 Å². The number of H-pyrrole nitrogens is 1. The van der Waals surface area contributed by atoms with Crippen molar-refractivity contribution >= 4 is 28.3 Å². The van der Waals surface area contributed by atoms with Crippen molar-refractivity contribution < 1.29 is 23.0 Å². The molecule has 1 aliphatic rings. The largest absolute Gasteiger partial charge is 0.492 e. The molecule has 3 aromatic heterocycles. The minimum Gasteiger partial charge on any atom is -0.492 e. The fourth-order valence-electron chi connectivity index (χ4n) is 4.31. The van der Waals surface area contributed by atoms with Crippen molar-refractivity contribution in [3.63, 3.8) is 0 Å². The number of anilines is 2. The van der Waals surface area contributed by atoms with Crippen LogP contribution in [0.3, 0.4) is 0 Å². The van der Waals surface area contributed by atoms with Gasteiger partial charge >= 0.3 is 0 Å². The predicted octanol–water partition coefficient (Wildman–Crippen LogP) is 4.71. The molecule has 1 unspecified atom stereocenters. The first kappa shape index (κ1) is 22.6. The number of pyridine rings is 2. The zero-order valence-electron chi connectivity index (χ0n) is 19.1. The summed E-state index contributed by atoms with van der Waals surface area (Å²) in [4.78, 5) is 25.2. The molecule has 0 radical (unpaired) electrons. The number of fused-ring (bicyclic) bond motifs is 2. The lowest BCUT2D eigenvalue weighted by molar-refractivity contribution is 0.0938. The molecule has 0 fully saturated rings. The summed E-state index contributed by atoms with van der Waals surface area (Å²) < 4.78 is 39.2. The molecular formula is C25H23F2N5O3. The molecule has 180 valence electrons. The highest BCUT2D eigenvalue weighted by molar-refractivity contribution is 6.08. The maximum absolute atomic E-state index is 14.4. The third-order valence-corrected chi connectivity index (χ3v) is 5.91. The fraction of sp³-hybridized carbons (Fsp3) is 0.240. The number of halogens is 2. The Balaban J connectivity index is 1.77. The number of carbonyl (C=O) groups excluding carboxylic acids is 1. The number of hydrogen-bond donors (Lipinski definition) is 3. The van der Waals surface area contributed by atoms with E-state index in [0.717, 1.165) is 0 Å². The van der Waals surface area contributed by atoms with E-state index in [1.54, 1.807) is 30.5 Å². The Kier molecular flexibility index (Phi) is 5.94. The van der Waals surface area contributed by atoms with E-state index in [2.05, 4.69) is 25.6 Å². The quantitative estimate of drug-likeness (QED) is 0.355. The van der Waals surface area contributed by atoms with E-state index in [1.807, 2.05) is 6.92 Å². The summed E-state index contributed by atoms with van der Waals surface area (Å²) >= 11 is 0. The van der Waals surface area contributed by atoms with Crippen molar-refractivity contribution in [3.05, 3.63) is 59.7 Å². The van der Waals surface area contributed by atoms with Crippen LogP contribution in [0, 0.1) is 5.82 Å². The summed E-state index contributed by atoms with van der Waals surface area (Å²) in [6.07, 6.45) is 1.62. The number of nitrogens with one attached hydrogen (secondary N) is 3. The second kappa shape index (κ2) is 9.21. The average Bonchev–Trinajstić information content (AvgIpc) is 3.24. The molecule has 5 rings (SSSR count). The molecule has 3 N–H and O–H groups in total. The van der Waals surface area contributed by atoms with Gasteiger partial charge in [0.05, 0.1) is 48.5 Å². The topological polar surface area (TPSA) is 101 Å². The molecule has 0 spiro atoms. The molecule has 1 amide bonds. The molecule has 1 aromatic carbocycles. The summed E-state index contributed by atoms with van der Waals surface area (Å²) in [5.74, 6) is -1.08. The molecular weight excluding hydrogens is 456 g/mol. The van der Waals surface area contributed by atoms with Crippen molar-refractivity contribution in [1.82, 2.24) is 20.3 Å². The number of aromatic amines is 1. The van der Waals surface area contributed by atoms with E-state index in [1.165, 1.54) is 19.2 Å². The van der Waals surface area contributed by atoms with Gasteiger partial charge in [-0.25, -0.2) is 9.37 Å². The summed E-state index contributed by atoms with van der Waals surface area (Å²) in [7, 11) is 1.36. The van der Waals surface area contributed by atoms with Gasteiger partial charge in [0.15, 0.2) is 11.6 Å². The number of benzene rings is 1. The van der Waals surface area contributed by atoms with Gasteiger partial charge < -0.3 is 25.1 Å². The number of methoxy groups -OCH3 is 1. The SMILES string of the molecule is CCOc1ccc2nccc(-c3[nH]c4c(c3Nc3cccc(F)c3OC)C(=O)NCC4CF)c2n1.